The molecule has 0 heterocycles. The van der Waals surface area contributed by atoms with E-state index in [0.29, 0.717) is 5.56 Å². The normalized spacial score (nSPS) is 11.6. The Hall–Kier alpha value is -2.14. The largest absolute Gasteiger partial charge is 0.452 e. The molecule has 0 aliphatic rings. The summed E-state index contributed by atoms with van der Waals surface area (Å²) in [6, 6.07) is 14.8. The topological polar surface area (TPSA) is 55.4 Å². The molecule has 0 unspecified atom stereocenters. The minimum Gasteiger partial charge on any atom is -0.452 e. The summed E-state index contributed by atoms with van der Waals surface area (Å²) < 4.78 is 5.86. The highest BCUT2D eigenvalue weighted by Gasteiger charge is 2.15. The Balaban J connectivity index is 1.89. The van der Waals surface area contributed by atoms with Gasteiger partial charge in [-0.15, -0.1) is 0 Å². The van der Waals surface area contributed by atoms with Crippen LogP contribution in [0.3, 0.4) is 0 Å². The summed E-state index contributed by atoms with van der Waals surface area (Å²) in [7, 11) is 0. The molecule has 0 aliphatic carbocycles. The van der Waals surface area contributed by atoms with Crippen LogP contribution in [0.2, 0.25) is 0 Å². The molecule has 1 N–H and O–H groups in total. The SMILES string of the molecule is CC[C@H](NC(=O)COC(=O)c1cccc(Br)c1)c1ccc(C)cc1. The third kappa shape index (κ3) is 5.20. The van der Waals surface area contributed by atoms with Gasteiger partial charge in [0.25, 0.3) is 5.91 Å². The predicted molar refractivity (Wildman–Crippen MR) is 96.8 cm³/mol. The molecular formula is C19H20BrNO3. The lowest BCUT2D eigenvalue weighted by Crippen LogP contribution is -2.32. The number of rotatable bonds is 6. The minimum absolute atomic E-state index is 0.0947. The molecule has 2 aromatic rings. The number of benzene rings is 2. The maximum absolute atomic E-state index is 12.1. The highest BCUT2D eigenvalue weighted by Crippen LogP contribution is 2.17. The number of hydrogen-bond acceptors (Lipinski definition) is 3. The van der Waals surface area contributed by atoms with E-state index in [1.165, 1.54) is 5.56 Å². The molecule has 0 saturated heterocycles. The minimum atomic E-state index is -0.519. The smallest absolute Gasteiger partial charge is 0.338 e. The van der Waals surface area contributed by atoms with Crippen LogP contribution in [-0.2, 0) is 9.53 Å². The summed E-state index contributed by atoms with van der Waals surface area (Å²) in [4.78, 5) is 24.0. The van der Waals surface area contributed by atoms with Gasteiger partial charge < -0.3 is 10.1 Å². The van der Waals surface area contributed by atoms with Crippen molar-refractivity contribution in [2.24, 2.45) is 0 Å². The molecule has 24 heavy (non-hydrogen) atoms. The van der Waals surface area contributed by atoms with Gasteiger partial charge in [0, 0.05) is 4.47 Å². The van der Waals surface area contributed by atoms with Crippen LogP contribution in [0.1, 0.15) is 40.9 Å². The summed E-state index contributed by atoms with van der Waals surface area (Å²) in [5, 5.41) is 2.90. The van der Waals surface area contributed by atoms with Crippen LogP contribution in [0.15, 0.2) is 53.0 Å². The van der Waals surface area contributed by atoms with E-state index < -0.39 is 5.97 Å². The van der Waals surface area contributed by atoms with Crippen molar-refractivity contribution >= 4 is 27.8 Å². The van der Waals surface area contributed by atoms with Gasteiger partial charge >= 0.3 is 5.97 Å². The van der Waals surface area contributed by atoms with Crippen LogP contribution < -0.4 is 5.32 Å². The molecule has 0 saturated carbocycles. The molecule has 4 nitrogen and oxygen atoms in total. The van der Waals surface area contributed by atoms with E-state index in [9.17, 15) is 9.59 Å². The van der Waals surface area contributed by atoms with Crippen molar-refractivity contribution in [3.8, 4) is 0 Å². The van der Waals surface area contributed by atoms with E-state index in [2.05, 4.69) is 21.2 Å². The first-order valence-electron chi connectivity index (χ1n) is 7.78. The Morgan fingerprint density at radius 3 is 2.50 bits per heavy atom. The van der Waals surface area contributed by atoms with Crippen molar-refractivity contribution in [3.63, 3.8) is 0 Å². The molecule has 0 aromatic heterocycles. The molecule has 2 rings (SSSR count). The lowest BCUT2D eigenvalue weighted by Gasteiger charge is -2.17. The summed E-state index contributed by atoms with van der Waals surface area (Å²) in [6.07, 6.45) is 0.758. The van der Waals surface area contributed by atoms with Crippen molar-refractivity contribution < 1.29 is 14.3 Å². The molecule has 1 atom stereocenters. The zero-order valence-corrected chi connectivity index (χ0v) is 15.3. The quantitative estimate of drug-likeness (QED) is 0.753. The van der Waals surface area contributed by atoms with Gasteiger partial charge in [0.1, 0.15) is 0 Å². The van der Waals surface area contributed by atoms with E-state index in [1.54, 1.807) is 18.2 Å². The fraction of sp³-hybridized carbons (Fsp3) is 0.263. The van der Waals surface area contributed by atoms with Crippen LogP contribution in [-0.4, -0.2) is 18.5 Å². The molecule has 2 aromatic carbocycles. The second-order valence-corrected chi connectivity index (χ2v) is 6.44. The van der Waals surface area contributed by atoms with Crippen LogP contribution in [0, 0.1) is 6.92 Å². The summed E-state index contributed by atoms with van der Waals surface area (Å²) in [6.45, 7) is 3.72. The highest BCUT2D eigenvalue weighted by molar-refractivity contribution is 9.10. The molecule has 0 spiro atoms. The van der Waals surface area contributed by atoms with Crippen LogP contribution >= 0.6 is 15.9 Å². The molecule has 0 radical (unpaired) electrons. The van der Waals surface area contributed by atoms with Crippen molar-refractivity contribution in [1.29, 1.82) is 0 Å². The maximum Gasteiger partial charge on any atom is 0.338 e. The van der Waals surface area contributed by atoms with E-state index in [1.807, 2.05) is 44.2 Å². The van der Waals surface area contributed by atoms with Gasteiger partial charge in [-0.25, -0.2) is 4.79 Å². The third-order valence-electron chi connectivity index (χ3n) is 3.62. The first-order valence-corrected chi connectivity index (χ1v) is 8.57. The van der Waals surface area contributed by atoms with Crippen LogP contribution in [0.5, 0.6) is 0 Å². The maximum atomic E-state index is 12.1. The molecule has 1 amide bonds. The molecular weight excluding hydrogens is 370 g/mol. The van der Waals surface area contributed by atoms with Gasteiger partial charge in [0.05, 0.1) is 11.6 Å². The Bertz CT molecular complexity index is 713. The molecule has 5 heteroatoms. The average Bonchev–Trinajstić information content (AvgIpc) is 2.58. The molecule has 126 valence electrons. The number of carbonyl (C=O) groups excluding carboxylic acids is 2. The number of hydrogen-bond donors (Lipinski definition) is 1. The van der Waals surface area contributed by atoms with Gasteiger partial charge in [-0.05, 0) is 37.1 Å². The summed E-state index contributed by atoms with van der Waals surface area (Å²) in [5.41, 5.74) is 2.61. The fourth-order valence-electron chi connectivity index (χ4n) is 2.29. The number of esters is 1. The summed E-state index contributed by atoms with van der Waals surface area (Å²) >= 11 is 3.30. The standard InChI is InChI=1S/C19H20BrNO3/c1-3-17(14-9-7-13(2)8-10-14)21-18(22)12-24-19(23)15-5-4-6-16(20)11-15/h4-11,17H,3,12H2,1-2H3,(H,21,22)/t17-/m0/s1. The number of nitrogens with one attached hydrogen (secondary N) is 1. The third-order valence-corrected chi connectivity index (χ3v) is 4.11. The Kier molecular flexibility index (Phi) is 6.55. The average molecular weight is 390 g/mol. The second kappa shape index (κ2) is 8.64. The monoisotopic (exact) mass is 389 g/mol. The number of halogens is 1. The van der Waals surface area contributed by atoms with E-state index >= 15 is 0 Å². The number of carbonyl (C=O) groups is 2. The van der Waals surface area contributed by atoms with E-state index in [4.69, 9.17) is 4.74 Å². The Labute approximate surface area is 150 Å². The number of amides is 1. The Morgan fingerprint density at radius 2 is 1.88 bits per heavy atom. The second-order valence-electron chi connectivity index (χ2n) is 5.53. The van der Waals surface area contributed by atoms with Gasteiger partial charge in [0.2, 0.25) is 0 Å². The van der Waals surface area contributed by atoms with Crippen molar-refractivity contribution in [2.45, 2.75) is 26.3 Å². The van der Waals surface area contributed by atoms with E-state index in [-0.39, 0.29) is 18.6 Å². The van der Waals surface area contributed by atoms with Gasteiger partial charge in [-0.2, -0.15) is 0 Å². The zero-order valence-electron chi connectivity index (χ0n) is 13.7. The zero-order chi connectivity index (χ0) is 17.5. The van der Waals surface area contributed by atoms with Crippen LogP contribution in [0.25, 0.3) is 0 Å². The van der Waals surface area contributed by atoms with Gasteiger partial charge in [-0.1, -0.05) is 58.7 Å². The summed E-state index contributed by atoms with van der Waals surface area (Å²) in [5.74, 6) is -0.833. The molecule has 0 aliphatic heterocycles. The van der Waals surface area contributed by atoms with Gasteiger partial charge in [-0.3, -0.25) is 4.79 Å². The Morgan fingerprint density at radius 1 is 1.17 bits per heavy atom. The highest BCUT2D eigenvalue weighted by atomic mass is 79.9. The van der Waals surface area contributed by atoms with Crippen molar-refractivity contribution in [3.05, 3.63) is 69.7 Å². The first kappa shape index (κ1) is 18.2. The fourth-order valence-corrected chi connectivity index (χ4v) is 2.68. The molecule has 0 fully saturated rings. The predicted octanol–water partition coefficient (Wildman–Crippen LogP) is 4.18. The van der Waals surface area contributed by atoms with Crippen molar-refractivity contribution in [2.75, 3.05) is 6.61 Å². The van der Waals surface area contributed by atoms with Crippen LogP contribution in [0.4, 0.5) is 0 Å². The molecule has 0 bridgehead atoms. The number of ether oxygens (including phenoxy) is 1. The van der Waals surface area contributed by atoms with Crippen molar-refractivity contribution in [1.82, 2.24) is 5.32 Å². The lowest BCUT2D eigenvalue weighted by atomic mass is 10.0. The number of aryl methyl sites for hydroxylation is 1. The van der Waals surface area contributed by atoms with Gasteiger partial charge in [0.15, 0.2) is 6.61 Å². The lowest BCUT2D eigenvalue weighted by molar-refractivity contribution is -0.125. The van der Waals surface area contributed by atoms with E-state index in [0.717, 1.165) is 16.5 Å². The first-order chi connectivity index (χ1) is 11.5.